The molecule has 0 aliphatic carbocycles. The van der Waals surface area contributed by atoms with E-state index in [1.165, 1.54) is 7.11 Å². The monoisotopic (exact) mass is 244 g/mol. The highest BCUT2D eigenvalue weighted by molar-refractivity contribution is 5.79. The number of nitrogens with two attached hydrogens (primary N) is 1. The van der Waals surface area contributed by atoms with Crippen molar-refractivity contribution in [2.75, 3.05) is 27.4 Å². The summed E-state index contributed by atoms with van der Waals surface area (Å²) in [5.41, 5.74) is 5.05. The van der Waals surface area contributed by atoms with E-state index in [9.17, 15) is 4.79 Å². The zero-order valence-corrected chi connectivity index (χ0v) is 11.2. The molecule has 1 fully saturated rings. The minimum atomic E-state index is -0.929. The first-order valence-corrected chi connectivity index (χ1v) is 6.05. The third kappa shape index (κ3) is 3.66. The molecule has 0 radical (unpaired) electrons. The fourth-order valence-corrected chi connectivity index (χ4v) is 2.28. The van der Waals surface area contributed by atoms with Crippen LogP contribution in [0.5, 0.6) is 0 Å². The van der Waals surface area contributed by atoms with Crippen molar-refractivity contribution < 1.29 is 14.3 Å². The highest BCUT2D eigenvalue weighted by Gasteiger charge is 2.34. The number of rotatable bonds is 5. The standard InChI is InChI=1S/C12H24N2O3/c1-9(7-12(2,13)11(15)16-4)14(3)10-5-6-17-8-10/h9-10H,5-8,13H2,1-4H3. The topological polar surface area (TPSA) is 64.8 Å². The fourth-order valence-electron chi connectivity index (χ4n) is 2.28. The van der Waals surface area contributed by atoms with Crippen molar-refractivity contribution >= 4 is 5.97 Å². The van der Waals surface area contributed by atoms with E-state index in [4.69, 9.17) is 15.2 Å². The Morgan fingerprint density at radius 3 is 2.82 bits per heavy atom. The Morgan fingerprint density at radius 2 is 2.35 bits per heavy atom. The van der Waals surface area contributed by atoms with Gasteiger partial charge in [-0.1, -0.05) is 0 Å². The normalized spacial score (nSPS) is 25.6. The number of ether oxygens (including phenoxy) is 2. The average Bonchev–Trinajstić information content (AvgIpc) is 2.79. The van der Waals surface area contributed by atoms with E-state index >= 15 is 0 Å². The van der Waals surface area contributed by atoms with Crippen LogP contribution in [0, 0.1) is 0 Å². The third-order valence-electron chi connectivity index (χ3n) is 3.55. The van der Waals surface area contributed by atoms with Crippen molar-refractivity contribution in [3.05, 3.63) is 0 Å². The van der Waals surface area contributed by atoms with E-state index in [1.54, 1.807) is 6.92 Å². The van der Waals surface area contributed by atoms with Crippen molar-refractivity contribution in [1.29, 1.82) is 0 Å². The maximum absolute atomic E-state index is 11.5. The van der Waals surface area contributed by atoms with Gasteiger partial charge in [0.2, 0.25) is 0 Å². The molecule has 0 saturated carbocycles. The predicted octanol–water partition coefficient (Wildman–Crippen LogP) is 0.376. The molecule has 2 N–H and O–H groups in total. The van der Waals surface area contributed by atoms with Gasteiger partial charge in [-0.15, -0.1) is 0 Å². The summed E-state index contributed by atoms with van der Waals surface area (Å²) in [5.74, 6) is -0.361. The largest absolute Gasteiger partial charge is 0.468 e. The maximum atomic E-state index is 11.5. The zero-order chi connectivity index (χ0) is 13.1. The molecular formula is C12H24N2O3. The molecule has 0 amide bonds. The van der Waals surface area contributed by atoms with Gasteiger partial charge in [0, 0.05) is 18.7 Å². The summed E-state index contributed by atoms with van der Waals surface area (Å²) in [6.45, 7) is 5.37. The second kappa shape index (κ2) is 5.80. The van der Waals surface area contributed by atoms with Crippen LogP contribution in [0.4, 0.5) is 0 Å². The summed E-state index contributed by atoms with van der Waals surface area (Å²) in [4.78, 5) is 13.8. The van der Waals surface area contributed by atoms with E-state index in [2.05, 4.69) is 18.9 Å². The third-order valence-corrected chi connectivity index (χ3v) is 3.55. The van der Waals surface area contributed by atoms with E-state index in [0.717, 1.165) is 19.6 Å². The second-order valence-corrected chi connectivity index (χ2v) is 5.15. The summed E-state index contributed by atoms with van der Waals surface area (Å²) in [7, 11) is 3.42. The molecule has 100 valence electrons. The molecule has 5 heteroatoms. The second-order valence-electron chi connectivity index (χ2n) is 5.15. The van der Waals surface area contributed by atoms with Gasteiger partial charge < -0.3 is 15.2 Å². The van der Waals surface area contributed by atoms with Gasteiger partial charge in [-0.25, -0.2) is 0 Å². The van der Waals surface area contributed by atoms with Crippen LogP contribution >= 0.6 is 0 Å². The molecule has 0 aromatic carbocycles. The molecule has 0 aromatic rings. The quantitative estimate of drug-likeness (QED) is 0.708. The van der Waals surface area contributed by atoms with Gasteiger partial charge in [-0.05, 0) is 33.7 Å². The van der Waals surface area contributed by atoms with Crippen LogP contribution in [0.1, 0.15) is 26.7 Å². The van der Waals surface area contributed by atoms with Gasteiger partial charge in [0.25, 0.3) is 0 Å². The number of likely N-dealkylation sites (N-methyl/N-ethyl adjacent to an activating group) is 1. The van der Waals surface area contributed by atoms with E-state index in [-0.39, 0.29) is 12.0 Å². The SMILES string of the molecule is COC(=O)C(C)(N)CC(C)N(C)C1CCOC1. The Balaban J connectivity index is 2.52. The van der Waals surface area contributed by atoms with E-state index < -0.39 is 5.54 Å². The van der Waals surface area contributed by atoms with E-state index in [0.29, 0.717) is 12.5 Å². The minimum Gasteiger partial charge on any atom is -0.468 e. The van der Waals surface area contributed by atoms with Crippen molar-refractivity contribution in [3.63, 3.8) is 0 Å². The first-order valence-electron chi connectivity index (χ1n) is 6.05. The smallest absolute Gasteiger partial charge is 0.325 e. The molecule has 1 saturated heterocycles. The van der Waals surface area contributed by atoms with Gasteiger partial charge in [-0.3, -0.25) is 9.69 Å². The van der Waals surface area contributed by atoms with Gasteiger partial charge in [0.15, 0.2) is 0 Å². The van der Waals surface area contributed by atoms with Crippen molar-refractivity contribution in [2.45, 2.75) is 44.3 Å². The van der Waals surface area contributed by atoms with Crippen molar-refractivity contribution in [3.8, 4) is 0 Å². The van der Waals surface area contributed by atoms with Crippen LogP contribution in [0.2, 0.25) is 0 Å². The predicted molar refractivity (Wildman–Crippen MR) is 65.7 cm³/mol. The number of carbonyl (C=O) groups is 1. The van der Waals surface area contributed by atoms with Crippen LogP contribution in [0.15, 0.2) is 0 Å². The number of hydrogen-bond acceptors (Lipinski definition) is 5. The first kappa shape index (κ1) is 14.4. The van der Waals surface area contributed by atoms with Crippen molar-refractivity contribution in [2.24, 2.45) is 5.73 Å². The zero-order valence-electron chi connectivity index (χ0n) is 11.2. The molecule has 3 unspecified atom stereocenters. The molecule has 1 aliphatic heterocycles. The van der Waals surface area contributed by atoms with Gasteiger partial charge in [0.1, 0.15) is 5.54 Å². The Labute approximate surface area is 103 Å². The molecule has 5 nitrogen and oxygen atoms in total. The molecule has 1 heterocycles. The number of esters is 1. The number of methoxy groups -OCH3 is 1. The lowest BCUT2D eigenvalue weighted by Crippen LogP contribution is -2.51. The van der Waals surface area contributed by atoms with Gasteiger partial charge in [0.05, 0.1) is 13.7 Å². The lowest BCUT2D eigenvalue weighted by molar-refractivity contribution is -0.147. The Morgan fingerprint density at radius 1 is 1.71 bits per heavy atom. The number of nitrogens with zero attached hydrogens (tertiary/aromatic N) is 1. The van der Waals surface area contributed by atoms with Crippen LogP contribution in [-0.4, -0.2) is 55.9 Å². The highest BCUT2D eigenvalue weighted by atomic mass is 16.5. The van der Waals surface area contributed by atoms with Gasteiger partial charge >= 0.3 is 5.97 Å². The highest BCUT2D eigenvalue weighted by Crippen LogP contribution is 2.19. The Bertz CT molecular complexity index is 262. The van der Waals surface area contributed by atoms with Crippen LogP contribution < -0.4 is 5.73 Å². The summed E-state index contributed by atoms with van der Waals surface area (Å²) < 4.78 is 10.1. The number of carbonyl (C=O) groups excluding carboxylic acids is 1. The molecule has 1 rings (SSSR count). The van der Waals surface area contributed by atoms with Crippen LogP contribution in [-0.2, 0) is 14.3 Å². The molecule has 3 atom stereocenters. The van der Waals surface area contributed by atoms with Gasteiger partial charge in [-0.2, -0.15) is 0 Å². The molecule has 0 aromatic heterocycles. The molecular weight excluding hydrogens is 220 g/mol. The lowest BCUT2D eigenvalue weighted by atomic mass is 9.93. The summed E-state index contributed by atoms with van der Waals surface area (Å²) in [6, 6.07) is 0.647. The van der Waals surface area contributed by atoms with Crippen molar-refractivity contribution in [1.82, 2.24) is 4.90 Å². The Kier molecular flexibility index (Phi) is 4.91. The maximum Gasteiger partial charge on any atom is 0.325 e. The fraction of sp³-hybridized carbons (Fsp3) is 0.917. The summed E-state index contributed by atoms with van der Waals surface area (Å²) >= 11 is 0. The minimum absolute atomic E-state index is 0.218. The summed E-state index contributed by atoms with van der Waals surface area (Å²) in [6.07, 6.45) is 1.62. The molecule has 0 bridgehead atoms. The first-order chi connectivity index (χ1) is 7.88. The Hall–Kier alpha value is -0.650. The summed E-state index contributed by atoms with van der Waals surface area (Å²) in [5, 5.41) is 0. The molecule has 0 spiro atoms. The van der Waals surface area contributed by atoms with E-state index in [1.807, 2.05) is 0 Å². The van der Waals surface area contributed by atoms with Crippen LogP contribution in [0.3, 0.4) is 0 Å². The lowest BCUT2D eigenvalue weighted by Gasteiger charge is -2.34. The number of hydrogen-bond donors (Lipinski definition) is 1. The van der Waals surface area contributed by atoms with Crippen LogP contribution in [0.25, 0.3) is 0 Å². The molecule has 17 heavy (non-hydrogen) atoms. The average molecular weight is 244 g/mol. The molecule has 1 aliphatic rings.